The number of ether oxygens (including phenoxy) is 1. The van der Waals surface area contributed by atoms with Crippen LogP contribution in [0.1, 0.15) is 38.5 Å². The molecule has 5 rings (SSSR count). The second-order valence-electron chi connectivity index (χ2n) is 10.4. The molecule has 2 heterocycles. The number of aromatic nitrogens is 1. The van der Waals surface area contributed by atoms with Crippen molar-refractivity contribution in [3.63, 3.8) is 0 Å². The highest BCUT2D eigenvalue weighted by Gasteiger charge is 2.31. The number of non-ortho nitro benzene ring substituents is 1. The summed E-state index contributed by atoms with van der Waals surface area (Å²) in [4.78, 5) is 17.4. The lowest BCUT2D eigenvalue weighted by molar-refractivity contribution is -0.384. The SMILES string of the molecule is O=[N+]([O-])c1ccc(N2CCC[C@H](NC3CCCCC3Nc3cc(-c4ccc(OC(F)(F)F)cc4)ccn3)C2)cc1. The number of nitro groups is 1. The highest BCUT2D eigenvalue weighted by Crippen LogP contribution is 2.29. The van der Waals surface area contributed by atoms with E-state index < -0.39 is 6.36 Å². The summed E-state index contributed by atoms with van der Waals surface area (Å²) in [6, 6.07) is 17.1. The fraction of sp³-hybridized carbons (Fsp3) is 0.414. The van der Waals surface area contributed by atoms with Gasteiger partial charge in [0, 0.05) is 55.2 Å². The first-order valence-corrected chi connectivity index (χ1v) is 13.6. The van der Waals surface area contributed by atoms with E-state index in [1.165, 1.54) is 12.1 Å². The molecule has 2 unspecified atom stereocenters. The van der Waals surface area contributed by atoms with E-state index in [2.05, 4.69) is 25.3 Å². The van der Waals surface area contributed by atoms with Crippen LogP contribution in [0.15, 0.2) is 66.9 Å². The molecule has 1 aromatic heterocycles. The van der Waals surface area contributed by atoms with Gasteiger partial charge in [0.15, 0.2) is 0 Å². The lowest BCUT2D eigenvalue weighted by Crippen LogP contribution is -2.54. The highest BCUT2D eigenvalue weighted by molar-refractivity contribution is 5.67. The van der Waals surface area contributed by atoms with Crippen LogP contribution in [0.25, 0.3) is 11.1 Å². The van der Waals surface area contributed by atoms with Gasteiger partial charge in [0.1, 0.15) is 11.6 Å². The number of hydrogen-bond donors (Lipinski definition) is 2. The zero-order valence-corrected chi connectivity index (χ0v) is 21.9. The van der Waals surface area contributed by atoms with E-state index in [9.17, 15) is 23.3 Å². The second kappa shape index (κ2) is 12.1. The van der Waals surface area contributed by atoms with E-state index in [1.807, 2.05) is 24.3 Å². The van der Waals surface area contributed by atoms with Gasteiger partial charge in [0.2, 0.25) is 0 Å². The van der Waals surface area contributed by atoms with Gasteiger partial charge in [-0.15, -0.1) is 13.2 Å². The van der Waals surface area contributed by atoms with E-state index in [0.29, 0.717) is 6.04 Å². The van der Waals surface area contributed by atoms with Crippen LogP contribution in [0.2, 0.25) is 0 Å². The van der Waals surface area contributed by atoms with Crippen LogP contribution in [-0.2, 0) is 0 Å². The minimum absolute atomic E-state index is 0.0942. The Morgan fingerprint density at radius 1 is 0.925 bits per heavy atom. The highest BCUT2D eigenvalue weighted by atomic mass is 19.4. The van der Waals surface area contributed by atoms with E-state index >= 15 is 0 Å². The van der Waals surface area contributed by atoms with Crippen molar-refractivity contribution in [1.29, 1.82) is 0 Å². The Labute approximate surface area is 230 Å². The first-order chi connectivity index (χ1) is 19.2. The molecule has 212 valence electrons. The molecule has 1 aliphatic heterocycles. The predicted molar refractivity (Wildman–Crippen MR) is 147 cm³/mol. The Morgan fingerprint density at radius 3 is 2.35 bits per heavy atom. The molecule has 0 spiro atoms. The molecular formula is C29H32F3N5O3. The van der Waals surface area contributed by atoms with Gasteiger partial charge in [-0.3, -0.25) is 10.1 Å². The van der Waals surface area contributed by atoms with Crippen molar-refractivity contribution >= 4 is 17.2 Å². The van der Waals surface area contributed by atoms with E-state index in [1.54, 1.807) is 30.5 Å². The molecule has 2 N–H and O–H groups in total. The summed E-state index contributed by atoms with van der Waals surface area (Å²) in [6.45, 7) is 1.76. The zero-order valence-electron chi connectivity index (χ0n) is 21.9. The van der Waals surface area contributed by atoms with E-state index in [4.69, 9.17) is 0 Å². The summed E-state index contributed by atoms with van der Waals surface area (Å²) in [6.07, 6.45) is 3.40. The molecule has 1 saturated carbocycles. The maximum atomic E-state index is 12.5. The average Bonchev–Trinajstić information content (AvgIpc) is 2.94. The number of hydrogen-bond acceptors (Lipinski definition) is 7. The molecule has 2 fully saturated rings. The number of pyridine rings is 1. The minimum Gasteiger partial charge on any atom is -0.406 e. The molecule has 3 aromatic rings. The number of nitrogens with zero attached hydrogens (tertiary/aromatic N) is 3. The van der Waals surface area contributed by atoms with Crippen LogP contribution in [0.3, 0.4) is 0 Å². The number of halogens is 3. The maximum absolute atomic E-state index is 12.5. The molecule has 8 nitrogen and oxygen atoms in total. The second-order valence-corrected chi connectivity index (χ2v) is 10.4. The molecule has 0 bridgehead atoms. The number of piperidine rings is 1. The Morgan fingerprint density at radius 2 is 1.65 bits per heavy atom. The van der Waals surface area contributed by atoms with Gasteiger partial charge in [-0.2, -0.15) is 0 Å². The summed E-state index contributed by atoms with van der Waals surface area (Å²) >= 11 is 0. The summed E-state index contributed by atoms with van der Waals surface area (Å²) in [5, 5.41) is 18.5. The maximum Gasteiger partial charge on any atom is 0.573 e. The van der Waals surface area contributed by atoms with Crippen LogP contribution < -0.4 is 20.3 Å². The monoisotopic (exact) mass is 555 g/mol. The molecule has 3 atom stereocenters. The molecule has 1 saturated heterocycles. The van der Waals surface area contributed by atoms with Gasteiger partial charge >= 0.3 is 6.36 Å². The Kier molecular flexibility index (Phi) is 8.39. The van der Waals surface area contributed by atoms with Crippen molar-refractivity contribution < 1.29 is 22.8 Å². The molecule has 0 radical (unpaired) electrons. The number of anilines is 2. The van der Waals surface area contributed by atoms with Crippen LogP contribution >= 0.6 is 0 Å². The topological polar surface area (TPSA) is 92.6 Å². The molecule has 2 aliphatic rings. The van der Waals surface area contributed by atoms with Crippen LogP contribution in [-0.4, -0.2) is 47.5 Å². The van der Waals surface area contributed by atoms with Crippen molar-refractivity contribution in [2.45, 2.75) is 63.0 Å². The standard InChI is InChI=1S/C29H32F3N5O3/c30-29(31,32)40-25-13-7-20(8-14-25)21-15-16-33-28(18-21)35-27-6-2-1-5-26(27)34-22-4-3-17-36(19-22)23-9-11-24(12-10-23)37(38)39/h7-16,18,22,26-27,34H,1-6,17,19H2,(H,33,35)/t22-,26?,27?/m0/s1. The van der Waals surface area contributed by atoms with Crippen molar-refractivity contribution in [2.75, 3.05) is 23.3 Å². The Hall–Kier alpha value is -3.86. The summed E-state index contributed by atoms with van der Waals surface area (Å²) < 4.78 is 41.4. The van der Waals surface area contributed by atoms with Crippen LogP contribution in [0.4, 0.5) is 30.4 Å². The van der Waals surface area contributed by atoms with E-state index in [-0.39, 0.29) is 28.4 Å². The van der Waals surface area contributed by atoms with Crippen molar-refractivity contribution in [3.8, 4) is 16.9 Å². The van der Waals surface area contributed by atoms with Crippen molar-refractivity contribution in [2.24, 2.45) is 0 Å². The molecule has 0 amide bonds. The quantitative estimate of drug-likeness (QED) is 0.241. The molecular weight excluding hydrogens is 523 g/mol. The summed E-state index contributed by atoms with van der Waals surface area (Å²) in [5.41, 5.74) is 2.71. The largest absolute Gasteiger partial charge is 0.573 e. The smallest absolute Gasteiger partial charge is 0.406 e. The number of rotatable bonds is 8. The third-order valence-corrected chi connectivity index (χ3v) is 7.58. The lowest BCUT2D eigenvalue weighted by atomic mass is 9.89. The minimum atomic E-state index is -4.72. The van der Waals surface area contributed by atoms with Gasteiger partial charge in [-0.1, -0.05) is 25.0 Å². The number of nitro benzene ring substituents is 1. The van der Waals surface area contributed by atoms with Gasteiger partial charge in [0.05, 0.1) is 4.92 Å². The number of alkyl halides is 3. The van der Waals surface area contributed by atoms with Crippen molar-refractivity contribution in [3.05, 3.63) is 77.0 Å². The molecule has 1 aliphatic carbocycles. The van der Waals surface area contributed by atoms with Crippen molar-refractivity contribution in [1.82, 2.24) is 10.3 Å². The lowest BCUT2D eigenvalue weighted by Gasteiger charge is -2.40. The molecule has 11 heteroatoms. The van der Waals surface area contributed by atoms with Gasteiger partial charge in [-0.05, 0) is 73.2 Å². The summed E-state index contributed by atoms with van der Waals surface area (Å²) in [7, 11) is 0. The van der Waals surface area contributed by atoms with Crippen LogP contribution in [0, 0.1) is 10.1 Å². The third kappa shape index (κ3) is 7.20. The normalized spacial score (nSPS) is 21.6. The zero-order chi connectivity index (χ0) is 28.1. The Balaban J connectivity index is 1.22. The first kappa shape index (κ1) is 27.7. The molecule has 2 aromatic carbocycles. The van der Waals surface area contributed by atoms with E-state index in [0.717, 1.165) is 74.2 Å². The molecule has 40 heavy (non-hydrogen) atoms. The number of benzene rings is 2. The van der Waals surface area contributed by atoms with Gasteiger partial charge in [0.25, 0.3) is 5.69 Å². The fourth-order valence-electron chi connectivity index (χ4n) is 5.67. The fourth-order valence-corrected chi connectivity index (χ4v) is 5.67. The number of nitrogens with one attached hydrogen (secondary N) is 2. The third-order valence-electron chi connectivity index (χ3n) is 7.58. The summed E-state index contributed by atoms with van der Waals surface area (Å²) in [5.74, 6) is 0.470. The first-order valence-electron chi connectivity index (χ1n) is 13.6. The van der Waals surface area contributed by atoms with Crippen LogP contribution in [0.5, 0.6) is 5.75 Å². The van der Waals surface area contributed by atoms with Gasteiger partial charge < -0.3 is 20.3 Å². The predicted octanol–water partition coefficient (Wildman–Crippen LogP) is 6.54. The Bertz CT molecular complexity index is 1290. The van der Waals surface area contributed by atoms with Gasteiger partial charge in [-0.25, -0.2) is 4.98 Å². The average molecular weight is 556 g/mol.